The number of nitrogens with zero attached hydrogens (tertiary/aromatic N) is 2. The average Bonchev–Trinajstić information content (AvgIpc) is 3.13. The molecule has 0 aromatic heterocycles. The first-order valence-corrected chi connectivity index (χ1v) is 10.2. The fourth-order valence-corrected chi connectivity index (χ4v) is 3.36. The van der Waals surface area contributed by atoms with Crippen LogP contribution in [0.2, 0.25) is 0 Å². The van der Waals surface area contributed by atoms with Gasteiger partial charge in [0.1, 0.15) is 5.75 Å². The van der Waals surface area contributed by atoms with E-state index in [0.29, 0.717) is 39.6 Å². The predicted molar refractivity (Wildman–Crippen MR) is 126 cm³/mol. The van der Waals surface area contributed by atoms with Crippen LogP contribution in [0.15, 0.2) is 83.5 Å². The second-order valence-corrected chi connectivity index (χ2v) is 7.23. The standard InChI is InChI=1S/C26H22N2O5/c1-17-22(25(29)28(27-17)20-9-5-4-6-10-20)14-18-12-13-23(24(15-18)32-3)33-26(30)19-8-7-11-21(16-19)31-2/h4-16H,1-3H3/b22-14-. The van der Waals surface area contributed by atoms with Crippen LogP contribution in [0, 0.1) is 0 Å². The number of esters is 1. The molecule has 0 N–H and O–H groups in total. The Kier molecular flexibility index (Phi) is 6.22. The zero-order valence-corrected chi connectivity index (χ0v) is 18.4. The van der Waals surface area contributed by atoms with Gasteiger partial charge in [0.15, 0.2) is 11.5 Å². The number of hydrogen-bond donors (Lipinski definition) is 0. The first-order valence-electron chi connectivity index (χ1n) is 10.2. The Balaban J connectivity index is 1.57. The highest BCUT2D eigenvalue weighted by molar-refractivity contribution is 6.32. The summed E-state index contributed by atoms with van der Waals surface area (Å²) in [6.45, 7) is 1.79. The zero-order chi connectivity index (χ0) is 23.4. The van der Waals surface area contributed by atoms with Gasteiger partial charge in [-0.05, 0) is 61.0 Å². The number of para-hydroxylation sites is 1. The van der Waals surface area contributed by atoms with Crippen molar-refractivity contribution in [2.45, 2.75) is 6.92 Å². The lowest BCUT2D eigenvalue weighted by Gasteiger charge is -2.12. The summed E-state index contributed by atoms with van der Waals surface area (Å²) in [5.41, 5.74) is 2.84. The van der Waals surface area contributed by atoms with E-state index in [2.05, 4.69) is 5.10 Å². The maximum Gasteiger partial charge on any atom is 0.343 e. The number of methoxy groups -OCH3 is 2. The van der Waals surface area contributed by atoms with Gasteiger partial charge in [-0.25, -0.2) is 4.79 Å². The molecule has 0 radical (unpaired) electrons. The van der Waals surface area contributed by atoms with E-state index in [0.717, 1.165) is 0 Å². The number of benzene rings is 3. The summed E-state index contributed by atoms with van der Waals surface area (Å²) in [7, 11) is 3.01. The van der Waals surface area contributed by atoms with Gasteiger partial charge in [-0.1, -0.05) is 30.3 Å². The molecule has 1 amide bonds. The molecule has 3 aromatic rings. The number of ether oxygens (including phenoxy) is 3. The van der Waals surface area contributed by atoms with E-state index in [1.807, 2.05) is 30.3 Å². The van der Waals surface area contributed by atoms with Crippen LogP contribution in [-0.2, 0) is 4.79 Å². The van der Waals surface area contributed by atoms with E-state index in [-0.39, 0.29) is 11.7 Å². The maximum absolute atomic E-state index is 12.9. The van der Waals surface area contributed by atoms with Crippen LogP contribution in [0.25, 0.3) is 6.08 Å². The number of amides is 1. The minimum Gasteiger partial charge on any atom is -0.497 e. The fraction of sp³-hybridized carbons (Fsp3) is 0.115. The maximum atomic E-state index is 12.9. The number of hydrogen-bond acceptors (Lipinski definition) is 6. The highest BCUT2D eigenvalue weighted by Crippen LogP contribution is 2.31. The van der Waals surface area contributed by atoms with E-state index in [9.17, 15) is 9.59 Å². The van der Waals surface area contributed by atoms with Crippen LogP contribution in [-0.4, -0.2) is 31.8 Å². The Hall–Kier alpha value is -4.39. The molecule has 0 aliphatic carbocycles. The average molecular weight is 442 g/mol. The van der Waals surface area contributed by atoms with E-state index in [4.69, 9.17) is 14.2 Å². The Morgan fingerprint density at radius 1 is 0.909 bits per heavy atom. The van der Waals surface area contributed by atoms with Gasteiger partial charge < -0.3 is 14.2 Å². The van der Waals surface area contributed by atoms with Crippen molar-refractivity contribution in [1.82, 2.24) is 0 Å². The minimum absolute atomic E-state index is 0.216. The molecule has 0 saturated heterocycles. The zero-order valence-electron chi connectivity index (χ0n) is 18.4. The van der Waals surface area contributed by atoms with E-state index >= 15 is 0 Å². The van der Waals surface area contributed by atoms with Crippen molar-refractivity contribution in [3.05, 3.63) is 89.5 Å². The van der Waals surface area contributed by atoms with Crippen molar-refractivity contribution >= 4 is 29.4 Å². The van der Waals surface area contributed by atoms with Crippen LogP contribution in [0.5, 0.6) is 17.2 Å². The summed E-state index contributed by atoms with van der Waals surface area (Å²) in [5.74, 6) is 0.431. The Labute approximate surface area is 191 Å². The van der Waals surface area contributed by atoms with Crippen LogP contribution in [0.3, 0.4) is 0 Å². The molecule has 0 saturated carbocycles. The lowest BCUT2D eigenvalue weighted by molar-refractivity contribution is -0.114. The molecule has 0 spiro atoms. The summed E-state index contributed by atoms with van der Waals surface area (Å²) >= 11 is 0. The third-order valence-corrected chi connectivity index (χ3v) is 5.07. The molecular weight excluding hydrogens is 420 g/mol. The van der Waals surface area contributed by atoms with Crippen molar-refractivity contribution in [1.29, 1.82) is 0 Å². The van der Waals surface area contributed by atoms with Gasteiger partial charge in [0.05, 0.1) is 36.8 Å². The molecule has 0 unspecified atom stereocenters. The third-order valence-electron chi connectivity index (χ3n) is 5.07. The first-order chi connectivity index (χ1) is 16.0. The van der Waals surface area contributed by atoms with Gasteiger partial charge in [0.2, 0.25) is 0 Å². The van der Waals surface area contributed by atoms with Crippen LogP contribution in [0.4, 0.5) is 5.69 Å². The second-order valence-electron chi connectivity index (χ2n) is 7.23. The molecule has 1 heterocycles. The van der Waals surface area contributed by atoms with Gasteiger partial charge in [-0.3, -0.25) is 4.79 Å². The largest absolute Gasteiger partial charge is 0.497 e. The highest BCUT2D eigenvalue weighted by Gasteiger charge is 2.28. The number of hydrazone groups is 1. The highest BCUT2D eigenvalue weighted by atomic mass is 16.6. The van der Waals surface area contributed by atoms with E-state index < -0.39 is 5.97 Å². The molecule has 3 aromatic carbocycles. The normalized spacial score (nSPS) is 14.3. The number of carbonyl (C=O) groups is 2. The molecule has 0 fully saturated rings. The molecule has 166 valence electrons. The summed E-state index contributed by atoms with van der Waals surface area (Å²) in [4.78, 5) is 25.5. The summed E-state index contributed by atoms with van der Waals surface area (Å²) in [5, 5.41) is 5.76. The third kappa shape index (κ3) is 4.62. The van der Waals surface area contributed by atoms with E-state index in [1.165, 1.54) is 19.2 Å². The summed E-state index contributed by atoms with van der Waals surface area (Å²) in [6, 6.07) is 21.0. The van der Waals surface area contributed by atoms with Crippen molar-refractivity contribution in [2.24, 2.45) is 5.10 Å². The van der Waals surface area contributed by atoms with Crippen LogP contribution >= 0.6 is 0 Å². The molecule has 1 aliphatic heterocycles. The summed E-state index contributed by atoms with van der Waals surface area (Å²) < 4.78 is 16.1. The molecule has 0 bridgehead atoms. The molecule has 0 atom stereocenters. The first kappa shape index (κ1) is 21.8. The summed E-state index contributed by atoms with van der Waals surface area (Å²) in [6.07, 6.45) is 1.74. The van der Waals surface area contributed by atoms with Gasteiger partial charge in [0, 0.05) is 0 Å². The number of anilines is 1. The quantitative estimate of drug-likeness (QED) is 0.313. The monoisotopic (exact) mass is 442 g/mol. The molecular formula is C26H22N2O5. The number of carbonyl (C=O) groups excluding carboxylic acids is 2. The minimum atomic E-state index is -0.536. The molecule has 7 heteroatoms. The van der Waals surface area contributed by atoms with Gasteiger partial charge >= 0.3 is 5.97 Å². The molecule has 33 heavy (non-hydrogen) atoms. The van der Waals surface area contributed by atoms with Crippen molar-refractivity contribution in [3.8, 4) is 17.2 Å². The second kappa shape index (κ2) is 9.40. The van der Waals surface area contributed by atoms with Gasteiger partial charge in [-0.15, -0.1) is 0 Å². The molecule has 7 nitrogen and oxygen atoms in total. The Bertz CT molecular complexity index is 1260. The Morgan fingerprint density at radius 3 is 2.42 bits per heavy atom. The smallest absolute Gasteiger partial charge is 0.343 e. The number of rotatable bonds is 6. The lowest BCUT2D eigenvalue weighted by Crippen LogP contribution is -2.21. The van der Waals surface area contributed by atoms with Crippen molar-refractivity contribution in [2.75, 3.05) is 19.2 Å². The van der Waals surface area contributed by atoms with Crippen molar-refractivity contribution < 1.29 is 23.8 Å². The lowest BCUT2D eigenvalue weighted by atomic mass is 10.1. The Morgan fingerprint density at radius 2 is 1.70 bits per heavy atom. The van der Waals surface area contributed by atoms with Gasteiger partial charge in [-0.2, -0.15) is 10.1 Å². The van der Waals surface area contributed by atoms with Gasteiger partial charge in [0.25, 0.3) is 5.91 Å². The SMILES string of the molecule is COc1cccc(C(=O)Oc2ccc(/C=C3\C(=O)N(c4ccccc4)N=C3C)cc2OC)c1. The molecule has 1 aliphatic rings. The predicted octanol–water partition coefficient (Wildman–Crippen LogP) is 4.73. The van der Waals surface area contributed by atoms with E-state index in [1.54, 1.807) is 55.5 Å². The molecule has 4 rings (SSSR count). The van der Waals surface area contributed by atoms with Crippen molar-refractivity contribution in [3.63, 3.8) is 0 Å². The topological polar surface area (TPSA) is 77.4 Å². The fourth-order valence-electron chi connectivity index (χ4n) is 3.36. The van der Waals surface area contributed by atoms with Crippen LogP contribution in [0.1, 0.15) is 22.8 Å². The van der Waals surface area contributed by atoms with Crippen LogP contribution < -0.4 is 19.2 Å².